The standard InChI is InChI=1S/C21H17N3O2/c1-26-18-12-10-17(11-13-18)23-19-4-2-3-5-20(19)24-21(25)16-8-6-15(14-22)7-9-16/h2-13,23H,1H3,(H,24,25). The van der Waals surface area contributed by atoms with Crippen molar-refractivity contribution in [3.8, 4) is 11.8 Å². The molecule has 1 amide bonds. The Balaban J connectivity index is 1.77. The van der Waals surface area contributed by atoms with Gasteiger partial charge in [0.2, 0.25) is 0 Å². The van der Waals surface area contributed by atoms with Crippen molar-refractivity contribution >= 4 is 23.0 Å². The van der Waals surface area contributed by atoms with Gasteiger partial charge in [-0.3, -0.25) is 4.79 Å². The average Bonchev–Trinajstić information content (AvgIpc) is 2.70. The van der Waals surface area contributed by atoms with E-state index in [0.29, 0.717) is 16.8 Å². The van der Waals surface area contributed by atoms with Gasteiger partial charge in [-0.15, -0.1) is 0 Å². The predicted octanol–water partition coefficient (Wildman–Crippen LogP) is 4.56. The lowest BCUT2D eigenvalue weighted by Crippen LogP contribution is -2.13. The molecule has 0 aromatic heterocycles. The smallest absolute Gasteiger partial charge is 0.255 e. The Morgan fingerprint density at radius 1 is 0.923 bits per heavy atom. The topological polar surface area (TPSA) is 74.2 Å². The number of nitriles is 1. The fourth-order valence-corrected chi connectivity index (χ4v) is 2.42. The SMILES string of the molecule is COc1ccc(Nc2ccccc2NC(=O)c2ccc(C#N)cc2)cc1. The minimum atomic E-state index is -0.238. The quantitative estimate of drug-likeness (QED) is 0.712. The summed E-state index contributed by atoms with van der Waals surface area (Å²) in [6.07, 6.45) is 0. The number of methoxy groups -OCH3 is 1. The Kier molecular flexibility index (Phi) is 5.16. The molecule has 0 fully saturated rings. The van der Waals surface area contributed by atoms with Crippen molar-refractivity contribution in [2.45, 2.75) is 0 Å². The molecule has 0 heterocycles. The predicted molar refractivity (Wildman–Crippen MR) is 102 cm³/mol. The second-order valence-electron chi connectivity index (χ2n) is 5.54. The number of nitrogens with zero attached hydrogens (tertiary/aromatic N) is 1. The lowest BCUT2D eigenvalue weighted by molar-refractivity contribution is 0.102. The van der Waals surface area contributed by atoms with Crippen LogP contribution in [0, 0.1) is 11.3 Å². The van der Waals surface area contributed by atoms with E-state index in [2.05, 4.69) is 10.6 Å². The molecule has 2 N–H and O–H groups in total. The van der Waals surface area contributed by atoms with Crippen LogP contribution in [-0.2, 0) is 0 Å². The van der Waals surface area contributed by atoms with Gasteiger partial charge in [0.25, 0.3) is 5.91 Å². The highest BCUT2D eigenvalue weighted by Gasteiger charge is 2.09. The molecule has 0 saturated carbocycles. The van der Waals surface area contributed by atoms with Crippen molar-refractivity contribution in [2.75, 3.05) is 17.7 Å². The van der Waals surface area contributed by atoms with Gasteiger partial charge in [0.1, 0.15) is 5.75 Å². The highest BCUT2D eigenvalue weighted by Crippen LogP contribution is 2.26. The van der Waals surface area contributed by atoms with Crippen LogP contribution in [0.5, 0.6) is 5.75 Å². The number of hydrogen-bond acceptors (Lipinski definition) is 4. The number of hydrogen-bond donors (Lipinski definition) is 2. The second kappa shape index (κ2) is 7.86. The molecule has 0 atom stereocenters. The van der Waals surface area contributed by atoms with Gasteiger partial charge in [-0.05, 0) is 60.7 Å². The Morgan fingerprint density at radius 2 is 1.58 bits per heavy atom. The van der Waals surface area contributed by atoms with Crippen molar-refractivity contribution in [3.05, 3.63) is 83.9 Å². The maximum Gasteiger partial charge on any atom is 0.255 e. The lowest BCUT2D eigenvalue weighted by Gasteiger charge is -2.13. The van der Waals surface area contributed by atoms with Crippen LogP contribution in [0.15, 0.2) is 72.8 Å². The molecule has 0 bridgehead atoms. The van der Waals surface area contributed by atoms with Gasteiger partial charge in [0.15, 0.2) is 0 Å². The Morgan fingerprint density at radius 3 is 2.19 bits per heavy atom. The van der Waals surface area contributed by atoms with Crippen LogP contribution < -0.4 is 15.4 Å². The van der Waals surface area contributed by atoms with Gasteiger partial charge < -0.3 is 15.4 Å². The Hall–Kier alpha value is -3.78. The number of amides is 1. The van der Waals surface area contributed by atoms with Crippen molar-refractivity contribution in [3.63, 3.8) is 0 Å². The molecule has 0 aliphatic heterocycles. The second-order valence-corrected chi connectivity index (χ2v) is 5.54. The van der Waals surface area contributed by atoms with Crippen LogP contribution in [0.3, 0.4) is 0 Å². The highest BCUT2D eigenvalue weighted by atomic mass is 16.5. The summed E-state index contributed by atoms with van der Waals surface area (Å²) in [5, 5.41) is 15.0. The summed E-state index contributed by atoms with van der Waals surface area (Å²) in [6.45, 7) is 0. The third kappa shape index (κ3) is 4.00. The van der Waals surface area contributed by atoms with Crippen LogP contribution >= 0.6 is 0 Å². The average molecular weight is 343 g/mol. The van der Waals surface area contributed by atoms with E-state index in [1.165, 1.54) is 0 Å². The lowest BCUT2D eigenvalue weighted by atomic mass is 10.1. The number of rotatable bonds is 5. The Bertz CT molecular complexity index is 942. The molecule has 3 rings (SSSR count). The summed E-state index contributed by atoms with van der Waals surface area (Å²) in [6, 6.07) is 23.5. The summed E-state index contributed by atoms with van der Waals surface area (Å²) in [5.41, 5.74) is 3.33. The molecule has 128 valence electrons. The van der Waals surface area contributed by atoms with Crippen LogP contribution in [0.2, 0.25) is 0 Å². The first-order chi connectivity index (χ1) is 12.7. The largest absolute Gasteiger partial charge is 0.497 e. The first kappa shape index (κ1) is 17.1. The molecule has 5 nitrogen and oxygen atoms in total. The molecule has 26 heavy (non-hydrogen) atoms. The molecule has 0 unspecified atom stereocenters. The molecular formula is C21H17N3O2. The van der Waals surface area contributed by atoms with Crippen molar-refractivity contribution in [1.29, 1.82) is 5.26 Å². The minimum absolute atomic E-state index is 0.238. The third-order valence-electron chi connectivity index (χ3n) is 3.82. The number of ether oxygens (including phenoxy) is 1. The van der Waals surface area contributed by atoms with Crippen molar-refractivity contribution < 1.29 is 9.53 Å². The molecule has 0 radical (unpaired) electrons. The summed E-state index contributed by atoms with van der Waals surface area (Å²) in [4.78, 5) is 12.5. The van der Waals surface area contributed by atoms with Crippen LogP contribution in [-0.4, -0.2) is 13.0 Å². The monoisotopic (exact) mass is 343 g/mol. The van der Waals surface area contributed by atoms with Gasteiger partial charge in [0, 0.05) is 11.3 Å². The first-order valence-corrected chi connectivity index (χ1v) is 8.01. The van der Waals surface area contributed by atoms with Crippen molar-refractivity contribution in [1.82, 2.24) is 0 Å². The molecule has 5 heteroatoms. The zero-order valence-electron chi connectivity index (χ0n) is 14.2. The summed E-state index contributed by atoms with van der Waals surface area (Å²) < 4.78 is 5.16. The number of anilines is 3. The molecular weight excluding hydrogens is 326 g/mol. The fraction of sp³-hybridized carbons (Fsp3) is 0.0476. The van der Waals surface area contributed by atoms with Gasteiger partial charge in [-0.1, -0.05) is 12.1 Å². The maximum atomic E-state index is 12.5. The van der Waals surface area contributed by atoms with Crippen LogP contribution in [0.1, 0.15) is 15.9 Å². The van der Waals surface area contributed by atoms with E-state index in [9.17, 15) is 4.79 Å². The van der Waals surface area contributed by atoms with E-state index in [4.69, 9.17) is 10.00 Å². The summed E-state index contributed by atoms with van der Waals surface area (Å²) >= 11 is 0. The molecule has 0 aliphatic carbocycles. The number of benzene rings is 3. The number of nitrogens with one attached hydrogen (secondary N) is 2. The van der Waals surface area contributed by atoms with E-state index < -0.39 is 0 Å². The van der Waals surface area contributed by atoms with E-state index in [0.717, 1.165) is 17.1 Å². The molecule has 0 aliphatic rings. The van der Waals surface area contributed by atoms with Gasteiger partial charge in [-0.25, -0.2) is 0 Å². The first-order valence-electron chi connectivity index (χ1n) is 8.01. The fourth-order valence-electron chi connectivity index (χ4n) is 2.42. The third-order valence-corrected chi connectivity index (χ3v) is 3.82. The number of para-hydroxylation sites is 2. The molecule has 3 aromatic rings. The molecule has 0 saturated heterocycles. The zero-order chi connectivity index (χ0) is 18.4. The zero-order valence-corrected chi connectivity index (χ0v) is 14.2. The molecule has 0 spiro atoms. The summed E-state index contributed by atoms with van der Waals surface area (Å²) in [7, 11) is 1.62. The van der Waals surface area contributed by atoms with Crippen molar-refractivity contribution in [2.24, 2.45) is 0 Å². The van der Waals surface area contributed by atoms with Gasteiger partial charge >= 0.3 is 0 Å². The van der Waals surface area contributed by atoms with E-state index in [1.807, 2.05) is 54.6 Å². The Labute approximate surface area is 151 Å². The maximum absolute atomic E-state index is 12.5. The minimum Gasteiger partial charge on any atom is -0.497 e. The normalized spacial score (nSPS) is 9.85. The number of carbonyl (C=O) groups is 1. The van der Waals surface area contributed by atoms with Crippen LogP contribution in [0.4, 0.5) is 17.1 Å². The van der Waals surface area contributed by atoms with Crippen LogP contribution in [0.25, 0.3) is 0 Å². The van der Waals surface area contributed by atoms with E-state index in [1.54, 1.807) is 31.4 Å². The van der Waals surface area contributed by atoms with Gasteiger partial charge in [-0.2, -0.15) is 5.26 Å². The van der Waals surface area contributed by atoms with Gasteiger partial charge in [0.05, 0.1) is 30.1 Å². The van der Waals surface area contributed by atoms with E-state index >= 15 is 0 Å². The number of carbonyl (C=O) groups excluding carboxylic acids is 1. The highest BCUT2D eigenvalue weighted by molar-refractivity contribution is 6.06. The molecule has 3 aromatic carbocycles. The summed E-state index contributed by atoms with van der Waals surface area (Å²) in [5.74, 6) is 0.538. The van der Waals surface area contributed by atoms with E-state index in [-0.39, 0.29) is 5.91 Å².